The van der Waals surface area contributed by atoms with Gasteiger partial charge in [-0.05, 0) is 65.1 Å². The molecular formula is C30H24N4O6. The number of nitro benzene ring substituents is 2. The molecular weight excluding hydrogens is 512 g/mol. The van der Waals surface area contributed by atoms with E-state index in [0.29, 0.717) is 34.0 Å². The van der Waals surface area contributed by atoms with E-state index in [1.165, 1.54) is 11.6 Å². The number of nitrogens with zero attached hydrogens (tertiary/aromatic N) is 4. The van der Waals surface area contributed by atoms with Crippen LogP contribution in [-0.4, -0.2) is 21.0 Å². The molecule has 0 atom stereocenters. The van der Waals surface area contributed by atoms with Gasteiger partial charge < -0.3 is 9.15 Å². The van der Waals surface area contributed by atoms with Gasteiger partial charge in [0, 0.05) is 17.8 Å². The summed E-state index contributed by atoms with van der Waals surface area (Å²) in [4.78, 5) is 30.1. The van der Waals surface area contributed by atoms with Crippen molar-refractivity contribution < 1.29 is 19.0 Å². The molecule has 0 spiro atoms. The van der Waals surface area contributed by atoms with Gasteiger partial charge in [0.1, 0.15) is 11.3 Å². The highest BCUT2D eigenvalue weighted by atomic mass is 16.6. The minimum Gasteiger partial charge on any atom is -0.450 e. The van der Waals surface area contributed by atoms with Crippen molar-refractivity contribution in [1.29, 1.82) is 0 Å². The van der Waals surface area contributed by atoms with Crippen LogP contribution in [0.4, 0.5) is 17.1 Å². The van der Waals surface area contributed by atoms with Crippen LogP contribution in [0.1, 0.15) is 31.9 Å². The first-order chi connectivity index (χ1) is 19.1. The number of hydrogen-bond donors (Lipinski definition) is 0. The number of oxazole rings is 1. The average molecular weight is 537 g/mol. The molecule has 0 amide bonds. The molecule has 0 aliphatic carbocycles. The third-order valence-electron chi connectivity index (χ3n) is 6.17. The number of non-ortho nitro benzene ring substituents is 1. The van der Waals surface area contributed by atoms with Crippen LogP contribution in [0.3, 0.4) is 0 Å². The second-order valence-corrected chi connectivity index (χ2v) is 10.1. The minimum atomic E-state index is -0.722. The molecule has 0 saturated carbocycles. The number of fused-ring (bicyclic) bond motifs is 1. The van der Waals surface area contributed by atoms with Gasteiger partial charge in [0.15, 0.2) is 5.58 Å². The zero-order valence-corrected chi connectivity index (χ0v) is 21.9. The molecule has 0 aliphatic heterocycles. The van der Waals surface area contributed by atoms with Gasteiger partial charge in [0.05, 0.1) is 21.6 Å². The quantitative estimate of drug-likeness (QED) is 0.116. The standard InChI is InChI=1S/C30H24N4O6/c1-30(2,3)21-9-7-20(8-10-21)29-32-25-16-22(11-13-27(25)40-29)31-18-19-5-4-6-24(15-19)39-28-14-12-23(33(35)36)17-26(28)34(37)38/h4-18H,1-3H3. The van der Waals surface area contributed by atoms with E-state index in [-0.39, 0.29) is 11.2 Å². The van der Waals surface area contributed by atoms with E-state index in [1.54, 1.807) is 30.5 Å². The predicted molar refractivity (Wildman–Crippen MR) is 152 cm³/mol. The molecule has 40 heavy (non-hydrogen) atoms. The maximum atomic E-state index is 11.4. The molecule has 0 bridgehead atoms. The Morgan fingerprint density at radius 2 is 1.68 bits per heavy atom. The molecule has 0 unspecified atom stereocenters. The van der Waals surface area contributed by atoms with Crippen molar-refractivity contribution >= 4 is 34.4 Å². The Hall–Kier alpha value is -5.38. The lowest BCUT2D eigenvalue weighted by atomic mass is 9.87. The summed E-state index contributed by atoms with van der Waals surface area (Å²) in [5.74, 6) is 0.738. The smallest absolute Gasteiger partial charge is 0.318 e. The Labute approximate surface area is 228 Å². The lowest BCUT2D eigenvalue weighted by molar-refractivity contribution is -0.394. The average Bonchev–Trinajstić information content (AvgIpc) is 3.35. The molecule has 0 radical (unpaired) electrons. The van der Waals surface area contributed by atoms with Gasteiger partial charge in [-0.3, -0.25) is 25.2 Å². The Kier molecular flexibility index (Phi) is 6.83. The van der Waals surface area contributed by atoms with Crippen molar-refractivity contribution in [3.8, 4) is 23.0 Å². The number of benzene rings is 4. The fourth-order valence-electron chi connectivity index (χ4n) is 4.02. The summed E-state index contributed by atoms with van der Waals surface area (Å²) in [6.07, 6.45) is 1.63. The van der Waals surface area contributed by atoms with Crippen molar-refractivity contribution in [2.45, 2.75) is 26.2 Å². The lowest BCUT2D eigenvalue weighted by Gasteiger charge is -2.18. The van der Waals surface area contributed by atoms with Gasteiger partial charge in [0.2, 0.25) is 11.6 Å². The second kappa shape index (κ2) is 10.4. The number of nitro groups is 2. The SMILES string of the molecule is CC(C)(C)c1ccc(-c2nc3cc(N=Cc4cccc(Oc5ccc([N+](=O)[O-])cc5[N+](=O)[O-])c4)ccc3o2)cc1. The van der Waals surface area contributed by atoms with E-state index in [4.69, 9.17) is 9.15 Å². The van der Waals surface area contributed by atoms with Crippen LogP contribution in [-0.2, 0) is 5.41 Å². The van der Waals surface area contributed by atoms with Crippen LogP contribution in [0.2, 0.25) is 0 Å². The third-order valence-corrected chi connectivity index (χ3v) is 6.17. The molecule has 1 heterocycles. The highest BCUT2D eigenvalue weighted by Gasteiger charge is 2.21. The van der Waals surface area contributed by atoms with Crippen molar-refractivity contribution in [3.63, 3.8) is 0 Å². The number of aliphatic imine (C=N–C) groups is 1. The largest absolute Gasteiger partial charge is 0.450 e. The summed E-state index contributed by atoms with van der Waals surface area (Å²) >= 11 is 0. The topological polar surface area (TPSA) is 134 Å². The highest BCUT2D eigenvalue weighted by molar-refractivity contribution is 5.85. The maximum absolute atomic E-state index is 11.4. The number of aromatic nitrogens is 1. The monoisotopic (exact) mass is 536 g/mol. The molecule has 0 saturated heterocycles. The van der Waals surface area contributed by atoms with Crippen LogP contribution in [0.5, 0.6) is 11.5 Å². The minimum absolute atomic E-state index is 0.0566. The van der Waals surface area contributed by atoms with Gasteiger partial charge in [-0.15, -0.1) is 0 Å². The summed E-state index contributed by atoms with van der Waals surface area (Å²) in [7, 11) is 0. The summed E-state index contributed by atoms with van der Waals surface area (Å²) in [6.45, 7) is 6.49. The Morgan fingerprint density at radius 1 is 0.900 bits per heavy atom. The van der Waals surface area contributed by atoms with Crippen molar-refractivity contribution in [2.75, 3.05) is 0 Å². The van der Waals surface area contributed by atoms with Gasteiger partial charge in [-0.1, -0.05) is 45.0 Å². The summed E-state index contributed by atoms with van der Waals surface area (Å²) in [5.41, 5.74) is 3.94. The molecule has 4 aromatic carbocycles. The first-order valence-electron chi connectivity index (χ1n) is 12.3. The van der Waals surface area contributed by atoms with E-state index in [2.05, 4.69) is 42.9 Å². The van der Waals surface area contributed by atoms with Gasteiger partial charge in [0.25, 0.3) is 5.69 Å². The van der Waals surface area contributed by atoms with Gasteiger partial charge in [-0.2, -0.15) is 0 Å². The first kappa shape index (κ1) is 26.2. The molecule has 0 N–H and O–H groups in total. The third kappa shape index (κ3) is 5.70. The van der Waals surface area contributed by atoms with Crippen LogP contribution >= 0.6 is 0 Å². The lowest BCUT2D eigenvalue weighted by Crippen LogP contribution is -2.10. The fraction of sp³-hybridized carbons (Fsp3) is 0.133. The Morgan fingerprint density at radius 3 is 2.38 bits per heavy atom. The molecule has 10 heteroatoms. The number of hydrogen-bond acceptors (Lipinski definition) is 8. The molecule has 10 nitrogen and oxygen atoms in total. The molecule has 0 fully saturated rings. The van der Waals surface area contributed by atoms with E-state index in [9.17, 15) is 20.2 Å². The van der Waals surface area contributed by atoms with Gasteiger partial charge >= 0.3 is 5.69 Å². The van der Waals surface area contributed by atoms with Crippen molar-refractivity contribution in [1.82, 2.24) is 4.98 Å². The predicted octanol–water partition coefficient (Wildman–Crippen LogP) is 8.15. The molecule has 200 valence electrons. The van der Waals surface area contributed by atoms with E-state index in [0.717, 1.165) is 17.7 Å². The molecule has 0 aliphatic rings. The second-order valence-electron chi connectivity index (χ2n) is 10.1. The molecule has 1 aromatic heterocycles. The zero-order chi connectivity index (χ0) is 28.4. The fourth-order valence-corrected chi connectivity index (χ4v) is 4.02. The molecule has 5 rings (SSSR count). The normalized spacial score (nSPS) is 11.7. The maximum Gasteiger partial charge on any atom is 0.318 e. The first-order valence-corrected chi connectivity index (χ1v) is 12.3. The highest BCUT2D eigenvalue weighted by Crippen LogP contribution is 2.35. The number of ether oxygens (including phenoxy) is 1. The van der Waals surface area contributed by atoms with Crippen LogP contribution in [0.25, 0.3) is 22.6 Å². The summed E-state index contributed by atoms with van der Waals surface area (Å²) < 4.78 is 11.6. The van der Waals surface area contributed by atoms with Crippen molar-refractivity contribution in [2.24, 2.45) is 4.99 Å². The van der Waals surface area contributed by atoms with Crippen LogP contribution < -0.4 is 4.74 Å². The van der Waals surface area contributed by atoms with E-state index >= 15 is 0 Å². The van der Waals surface area contributed by atoms with Crippen LogP contribution in [0.15, 0.2) is 94.3 Å². The Bertz CT molecular complexity index is 1770. The van der Waals surface area contributed by atoms with Gasteiger partial charge in [-0.25, -0.2) is 4.98 Å². The van der Waals surface area contributed by atoms with E-state index in [1.807, 2.05) is 30.3 Å². The van der Waals surface area contributed by atoms with E-state index < -0.39 is 21.2 Å². The molecule has 5 aromatic rings. The zero-order valence-electron chi connectivity index (χ0n) is 21.9. The summed E-state index contributed by atoms with van der Waals surface area (Å²) in [6, 6.07) is 23.6. The Balaban J connectivity index is 1.34. The number of rotatable bonds is 7. The summed E-state index contributed by atoms with van der Waals surface area (Å²) in [5, 5.41) is 22.4. The van der Waals surface area contributed by atoms with Crippen molar-refractivity contribution in [3.05, 3.63) is 116 Å². The van der Waals surface area contributed by atoms with Crippen LogP contribution in [0, 0.1) is 20.2 Å².